The van der Waals surface area contributed by atoms with Crippen molar-refractivity contribution < 1.29 is 10.1 Å². The summed E-state index contributed by atoms with van der Waals surface area (Å²) in [5.41, 5.74) is 10.6. The summed E-state index contributed by atoms with van der Waals surface area (Å²) in [7, 11) is 0. The zero-order valence-electron chi connectivity index (χ0n) is 15.1. The minimum absolute atomic E-state index is 0.0869. The number of aromatic amines is 1. The number of rotatable bonds is 4. The fraction of sp³-hybridized carbons (Fsp3) is 0.222. The van der Waals surface area contributed by atoms with Crippen molar-refractivity contribution >= 4 is 23.1 Å². The number of H-pyrrole nitrogens is 1. The van der Waals surface area contributed by atoms with Gasteiger partial charge < -0.3 is 10.7 Å². The Hall–Kier alpha value is -2.73. The van der Waals surface area contributed by atoms with E-state index in [1.807, 2.05) is 31.2 Å². The number of nitrogens with two attached hydrogens (primary N) is 1. The van der Waals surface area contributed by atoms with Crippen LogP contribution in [0.1, 0.15) is 18.2 Å². The van der Waals surface area contributed by atoms with Crippen LogP contribution in [0.4, 0.5) is 5.82 Å². The highest BCUT2D eigenvalue weighted by Crippen LogP contribution is 2.31. The van der Waals surface area contributed by atoms with Crippen LogP contribution in [0.3, 0.4) is 0 Å². The van der Waals surface area contributed by atoms with E-state index in [2.05, 4.69) is 39.3 Å². The van der Waals surface area contributed by atoms with Gasteiger partial charge in [0.15, 0.2) is 5.16 Å². The number of allylic oxidation sites excluding steroid dienone is 1. The topological polar surface area (TPSA) is 101 Å². The van der Waals surface area contributed by atoms with Crippen LogP contribution in [0.5, 0.6) is 0 Å². The highest BCUT2D eigenvalue weighted by Gasteiger charge is 2.17. The molecule has 0 unspecified atom stereocenters. The number of aryl methyl sites for hydroxylation is 2. The Morgan fingerprint density at radius 2 is 2.12 bits per heavy atom. The maximum atomic E-state index is 8.52. The Morgan fingerprint density at radius 3 is 2.65 bits per heavy atom. The summed E-state index contributed by atoms with van der Waals surface area (Å²) in [4.78, 5) is 16.1. The quantitative estimate of drug-likeness (QED) is 0.160. The number of hydrogen-bond acceptors (Lipinski definition) is 6. The summed E-state index contributed by atoms with van der Waals surface area (Å²) >= 11 is 1.27. The molecule has 0 aliphatic carbocycles. The van der Waals surface area contributed by atoms with Gasteiger partial charge in [0.2, 0.25) is 0 Å². The molecule has 3 heterocycles. The van der Waals surface area contributed by atoms with Gasteiger partial charge in [-0.3, -0.25) is 9.66 Å². The molecule has 0 aliphatic heterocycles. The number of nitrogens with one attached hydrogen (secondary N) is 1. The zero-order chi connectivity index (χ0) is 19.7. The molecule has 4 N–H and O–H groups in total. The molecule has 3 aromatic rings. The Kier molecular flexibility index (Phi) is 8.45. The number of thioether (sulfide) groups is 1. The molecule has 3 rings (SSSR count). The maximum absolute atomic E-state index is 8.52. The van der Waals surface area contributed by atoms with Gasteiger partial charge in [-0.2, -0.15) is 0 Å². The van der Waals surface area contributed by atoms with E-state index in [1.54, 1.807) is 18.5 Å². The lowest BCUT2D eigenvalue weighted by molar-refractivity contribution is -0.222. The summed E-state index contributed by atoms with van der Waals surface area (Å²) in [6.45, 7) is 9.29. The molecule has 0 spiro atoms. The van der Waals surface area contributed by atoms with Crippen LogP contribution in [-0.4, -0.2) is 30.5 Å². The van der Waals surface area contributed by atoms with Gasteiger partial charge in [0, 0.05) is 18.1 Å². The molecular formula is C18H23N5O2S. The van der Waals surface area contributed by atoms with Gasteiger partial charge in [0.05, 0.1) is 5.69 Å². The second kappa shape index (κ2) is 10.3. The summed E-state index contributed by atoms with van der Waals surface area (Å²) in [5.74, 6) is 0.491. The van der Waals surface area contributed by atoms with Crippen LogP contribution in [0, 0.1) is 26.7 Å². The van der Waals surface area contributed by atoms with E-state index in [1.165, 1.54) is 11.8 Å². The number of anilines is 1. The molecule has 0 fully saturated rings. The number of fused-ring (bicyclic) bond motifs is 1. The van der Waals surface area contributed by atoms with E-state index in [4.69, 9.17) is 11.0 Å². The lowest BCUT2D eigenvalue weighted by Crippen LogP contribution is -1.96. The van der Waals surface area contributed by atoms with Crippen molar-refractivity contribution in [2.24, 2.45) is 0 Å². The Bertz CT molecular complexity index is 863. The average Bonchev–Trinajstić information content (AvgIpc) is 3.17. The fourth-order valence-corrected chi connectivity index (χ4v) is 2.80. The SMILES string of the molecule is C#C.C=CC.Cc1cc(-c2nc(SCOO)n3ccnc(N)c23)[nH]c1C. The molecule has 0 aliphatic rings. The molecule has 3 aromatic heterocycles. The molecule has 0 atom stereocenters. The number of terminal acetylenes is 1. The van der Waals surface area contributed by atoms with Gasteiger partial charge in [-0.1, -0.05) is 17.8 Å². The normalized spacial score (nSPS) is 9.77. The first-order chi connectivity index (χ1) is 12.5. The fourth-order valence-electron chi connectivity index (χ4n) is 2.19. The molecule has 0 bridgehead atoms. The molecule has 0 saturated carbocycles. The molecule has 7 nitrogen and oxygen atoms in total. The van der Waals surface area contributed by atoms with Gasteiger partial charge in [-0.25, -0.2) is 14.9 Å². The Morgan fingerprint density at radius 1 is 1.46 bits per heavy atom. The lowest BCUT2D eigenvalue weighted by atomic mass is 10.2. The molecular weight excluding hydrogens is 350 g/mol. The van der Waals surface area contributed by atoms with E-state index in [-0.39, 0.29) is 5.94 Å². The standard InChI is InChI=1S/C13H15N5O2S.C3H6.C2H2/c1-7-5-9(16-8(7)2)10-11-12(14)15-3-4-18(11)13(17-10)21-6-20-19;1-3-2;1-2/h3-5,16,19H,6H2,1-2H3,(H2,14,15);3H,1H2,2H3;1-2H. The highest BCUT2D eigenvalue weighted by molar-refractivity contribution is 7.99. The van der Waals surface area contributed by atoms with Crippen molar-refractivity contribution in [2.45, 2.75) is 25.9 Å². The molecule has 0 radical (unpaired) electrons. The number of nitrogens with zero attached hydrogens (tertiary/aromatic N) is 3. The number of aromatic nitrogens is 4. The van der Waals surface area contributed by atoms with Gasteiger partial charge in [0.1, 0.15) is 23.0 Å². The molecule has 0 saturated heterocycles. The monoisotopic (exact) mass is 373 g/mol. The second-order valence-electron chi connectivity index (χ2n) is 5.06. The van der Waals surface area contributed by atoms with Crippen molar-refractivity contribution in [3.8, 4) is 24.2 Å². The first kappa shape index (κ1) is 21.3. The minimum Gasteiger partial charge on any atom is -0.382 e. The largest absolute Gasteiger partial charge is 0.382 e. The van der Waals surface area contributed by atoms with Gasteiger partial charge >= 0.3 is 0 Å². The first-order valence-corrected chi connectivity index (χ1v) is 8.60. The van der Waals surface area contributed by atoms with Crippen LogP contribution in [-0.2, 0) is 4.89 Å². The Balaban J connectivity index is 0.000000615. The molecule has 8 heteroatoms. The van der Waals surface area contributed by atoms with Crippen LogP contribution in [0.15, 0.2) is 36.3 Å². The molecule has 0 amide bonds. The van der Waals surface area contributed by atoms with Crippen LogP contribution >= 0.6 is 11.8 Å². The number of nitrogen functional groups attached to an aromatic ring is 1. The van der Waals surface area contributed by atoms with E-state index in [0.717, 1.165) is 28.2 Å². The highest BCUT2D eigenvalue weighted by atomic mass is 32.2. The van der Waals surface area contributed by atoms with Crippen molar-refractivity contribution in [1.82, 2.24) is 19.4 Å². The van der Waals surface area contributed by atoms with Gasteiger partial charge in [0.25, 0.3) is 0 Å². The van der Waals surface area contributed by atoms with Crippen molar-refractivity contribution in [3.05, 3.63) is 42.4 Å². The number of hydrogen-bond donors (Lipinski definition) is 3. The van der Waals surface area contributed by atoms with Gasteiger partial charge in [-0.15, -0.1) is 19.4 Å². The summed E-state index contributed by atoms with van der Waals surface area (Å²) in [6.07, 6.45) is 13.1. The van der Waals surface area contributed by atoms with Crippen molar-refractivity contribution in [2.75, 3.05) is 11.7 Å². The third-order valence-corrected chi connectivity index (χ3v) is 4.09. The summed E-state index contributed by atoms with van der Waals surface area (Å²) < 4.78 is 1.84. The average molecular weight is 373 g/mol. The van der Waals surface area contributed by atoms with E-state index < -0.39 is 0 Å². The summed E-state index contributed by atoms with van der Waals surface area (Å²) in [5, 5.41) is 9.19. The van der Waals surface area contributed by atoms with E-state index in [0.29, 0.717) is 11.0 Å². The lowest BCUT2D eigenvalue weighted by Gasteiger charge is -2.01. The third kappa shape index (κ3) is 4.67. The summed E-state index contributed by atoms with van der Waals surface area (Å²) in [6, 6.07) is 2.03. The van der Waals surface area contributed by atoms with Gasteiger partial charge in [-0.05, 0) is 32.4 Å². The van der Waals surface area contributed by atoms with Crippen molar-refractivity contribution in [3.63, 3.8) is 0 Å². The Labute approximate surface area is 157 Å². The minimum atomic E-state index is 0.0869. The maximum Gasteiger partial charge on any atom is 0.175 e. The molecule has 138 valence electrons. The van der Waals surface area contributed by atoms with E-state index in [9.17, 15) is 0 Å². The van der Waals surface area contributed by atoms with E-state index >= 15 is 0 Å². The molecule has 26 heavy (non-hydrogen) atoms. The smallest absolute Gasteiger partial charge is 0.175 e. The van der Waals surface area contributed by atoms with Crippen LogP contribution in [0.2, 0.25) is 0 Å². The predicted octanol–water partition coefficient (Wildman–Crippen LogP) is 3.90. The third-order valence-electron chi connectivity index (χ3n) is 3.32. The number of imidazole rings is 1. The van der Waals surface area contributed by atoms with Crippen LogP contribution < -0.4 is 5.73 Å². The first-order valence-electron chi connectivity index (χ1n) is 7.62. The predicted molar refractivity (Wildman–Crippen MR) is 107 cm³/mol. The second-order valence-corrected chi connectivity index (χ2v) is 5.95. The van der Waals surface area contributed by atoms with Crippen LogP contribution in [0.25, 0.3) is 16.9 Å². The van der Waals surface area contributed by atoms with Crippen molar-refractivity contribution in [1.29, 1.82) is 0 Å². The molecule has 0 aromatic carbocycles. The zero-order valence-corrected chi connectivity index (χ0v) is 15.9.